The summed E-state index contributed by atoms with van der Waals surface area (Å²) in [6.07, 6.45) is 2.28. The van der Waals surface area contributed by atoms with Crippen molar-refractivity contribution in [3.8, 4) is 11.1 Å². The van der Waals surface area contributed by atoms with Crippen LogP contribution in [0.25, 0.3) is 11.1 Å². The summed E-state index contributed by atoms with van der Waals surface area (Å²) >= 11 is 0. The summed E-state index contributed by atoms with van der Waals surface area (Å²) < 4.78 is 30.5. The number of hydrogen-bond donors (Lipinski definition) is 1. The van der Waals surface area contributed by atoms with Crippen molar-refractivity contribution in [2.24, 2.45) is 0 Å². The van der Waals surface area contributed by atoms with E-state index in [4.69, 9.17) is 0 Å². The molecule has 8 nitrogen and oxygen atoms in total. The van der Waals surface area contributed by atoms with E-state index >= 15 is 0 Å². The second-order valence-electron chi connectivity index (χ2n) is 8.67. The van der Waals surface area contributed by atoms with Gasteiger partial charge in [0.2, 0.25) is 11.8 Å². The number of aryl methyl sites for hydroxylation is 3. The minimum absolute atomic E-state index is 0.0744. The third-order valence-electron chi connectivity index (χ3n) is 6.47. The highest BCUT2D eigenvalue weighted by Gasteiger charge is 2.32. The van der Waals surface area contributed by atoms with Crippen molar-refractivity contribution < 1.29 is 18.0 Å². The normalized spacial score (nSPS) is 16.0. The Morgan fingerprint density at radius 3 is 2.65 bits per heavy atom. The quantitative estimate of drug-likeness (QED) is 0.612. The molecule has 1 aromatic heterocycles. The van der Waals surface area contributed by atoms with Gasteiger partial charge >= 0.3 is 0 Å². The second-order valence-corrected chi connectivity index (χ2v) is 10.5. The Morgan fingerprint density at radius 1 is 1.06 bits per heavy atom. The molecule has 1 N–H and O–H groups in total. The summed E-state index contributed by atoms with van der Waals surface area (Å²) in [5.41, 5.74) is 4.17. The number of anilines is 2. The van der Waals surface area contributed by atoms with Crippen molar-refractivity contribution in [3.05, 3.63) is 59.3 Å². The van der Waals surface area contributed by atoms with Crippen LogP contribution in [0.4, 0.5) is 11.5 Å². The van der Waals surface area contributed by atoms with Gasteiger partial charge in [-0.05, 0) is 55.0 Å². The first-order valence-electron chi connectivity index (χ1n) is 11.5. The fourth-order valence-electron chi connectivity index (χ4n) is 4.73. The molecule has 0 unspecified atom stereocenters. The van der Waals surface area contributed by atoms with Gasteiger partial charge in [-0.1, -0.05) is 37.3 Å². The topological polar surface area (TPSA) is 101 Å². The van der Waals surface area contributed by atoms with Crippen LogP contribution >= 0.6 is 0 Å². The molecule has 34 heavy (non-hydrogen) atoms. The summed E-state index contributed by atoms with van der Waals surface area (Å²) in [6, 6.07) is 12.8. The molecule has 1 amide bonds. The van der Waals surface area contributed by atoms with Crippen LogP contribution in [-0.4, -0.2) is 36.6 Å². The number of nitrogens with zero attached hydrogens (tertiary/aromatic N) is 3. The molecule has 0 aliphatic carbocycles. The van der Waals surface area contributed by atoms with E-state index < -0.39 is 10.0 Å². The molecule has 5 rings (SSSR count). The number of fused-ring (bicyclic) bond motifs is 2. The summed E-state index contributed by atoms with van der Waals surface area (Å²) in [5, 5.41) is 7.25. The Morgan fingerprint density at radius 2 is 1.85 bits per heavy atom. The van der Waals surface area contributed by atoms with Gasteiger partial charge in [0.05, 0.1) is 16.3 Å². The Bertz CT molecular complexity index is 1420. The van der Waals surface area contributed by atoms with Crippen LogP contribution in [0, 0.1) is 6.92 Å². The Kier molecular flexibility index (Phi) is 5.51. The second kappa shape index (κ2) is 8.39. The largest absolute Gasteiger partial charge is 0.310 e. The first kappa shape index (κ1) is 22.3. The molecule has 0 saturated carbocycles. The van der Waals surface area contributed by atoms with E-state index in [-0.39, 0.29) is 29.6 Å². The zero-order chi connectivity index (χ0) is 24.0. The number of carbonyl (C=O) groups excluding carboxylic acids is 2. The van der Waals surface area contributed by atoms with Gasteiger partial charge < -0.3 is 5.32 Å². The van der Waals surface area contributed by atoms with Crippen molar-refractivity contribution in [1.29, 1.82) is 0 Å². The number of aromatic nitrogens is 2. The lowest BCUT2D eigenvalue weighted by atomic mass is 10.0. The molecule has 3 heterocycles. The first-order valence-corrected chi connectivity index (χ1v) is 12.9. The van der Waals surface area contributed by atoms with Gasteiger partial charge in [0, 0.05) is 24.9 Å². The average molecular weight is 479 g/mol. The van der Waals surface area contributed by atoms with Gasteiger partial charge in [-0.3, -0.25) is 13.9 Å². The Labute approximate surface area is 198 Å². The fourth-order valence-corrected chi connectivity index (χ4v) is 6.53. The predicted molar refractivity (Wildman–Crippen MR) is 130 cm³/mol. The highest BCUT2D eigenvalue weighted by molar-refractivity contribution is 7.92. The lowest BCUT2D eigenvalue weighted by Gasteiger charge is -2.31. The van der Waals surface area contributed by atoms with Gasteiger partial charge in [0.1, 0.15) is 5.82 Å². The van der Waals surface area contributed by atoms with Crippen LogP contribution in [-0.2, 0) is 27.7 Å². The lowest BCUT2D eigenvalue weighted by molar-refractivity contribution is -0.116. The molecule has 0 atom stereocenters. The van der Waals surface area contributed by atoms with E-state index in [1.54, 1.807) is 19.1 Å². The Hall–Kier alpha value is -3.46. The Balaban J connectivity index is 1.66. The monoisotopic (exact) mass is 478 g/mol. The maximum absolute atomic E-state index is 13.9. The average Bonchev–Trinajstić information content (AvgIpc) is 3.13. The third kappa shape index (κ3) is 3.60. The van der Waals surface area contributed by atoms with Crippen molar-refractivity contribution in [1.82, 2.24) is 9.78 Å². The molecule has 2 aromatic carbocycles. The molecule has 3 aromatic rings. The molecular weight excluding hydrogens is 452 g/mol. The van der Waals surface area contributed by atoms with Crippen molar-refractivity contribution >= 4 is 33.3 Å². The van der Waals surface area contributed by atoms with Crippen LogP contribution in [0.5, 0.6) is 0 Å². The number of nitrogens with one attached hydrogen (secondary N) is 1. The van der Waals surface area contributed by atoms with E-state index in [9.17, 15) is 18.0 Å². The number of para-hydroxylation sites is 1. The fraction of sp³-hybridized carbons (Fsp3) is 0.320. The third-order valence-corrected chi connectivity index (χ3v) is 8.42. The number of hydrogen-bond acceptors (Lipinski definition) is 5. The van der Waals surface area contributed by atoms with E-state index in [1.807, 2.05) is 37.3 Å². The summed E-state index contributed by atoms with van der Waals surface area (Å²) in [5.74, 6) is -0.222. The zero-order valence-electron chi connectivity index (χ0n) is 19.2. The number of benzene rings is 2. The smallest absolute Gasteiger partial charge is 0.264 e. The van der Waals surface area contributed by atoms with E-state index in [0.29, 0.717) is 46.9 Å². The minimum Gasteiger partial charge on any atom is -0.310 e. The van der Waals surface area contributed by atoms with Crippen LogP contribution in [0.1, 0.15) is 47.8 Å². The summed E-state index contributed by atoms with van der Waals surface area (Å²) in [6.45, 7) is 4.10. The zero-order valence-corrected chi connectivity index (χ0v) is 20.0. The van der Waals surface area contributed by atoms with Crippen molar-refractivity contribution in [3.63, 3.8) is 0 Å². The number of carbonyl (C=O) groups is 2. The molecule has 2 aliphatic heterocycles. The molecule has 0 radical (unpaired) electrons. The van der Waals surface area contributed by atoms with Gasteiger partial charge in [-0.2, -0.15) is 9.78 Å². The van der Waals surface area contributed by atoms with Crippen LogP contribution in [0.3, 0.4) is 0 Å². The van der Waals surface area contributed by atoms with E-state index in [2.05, 4.69) is 10.4 Å². The van der Waals surface area contributed by atoms with Crippen LogP contribution < -0.4 is 9.62 Å². The molecular formula is C25H26N4O4S. The van der Waals surface area contributed by atoms with E-state index in [0.717, 1.165) is 18.4 Å². The van der Waals surface area contributed by atoms with Gasteiger partial charge in [0.15, 0.2) is 0 Å². The van der Waals surface area contributed by atoms with Gasteiger partial charge in [0.25, 0.3) is 10.0 Å². The minimum atomic E-state index is -3.84. The predicted octanol–water partition coefficient (Wildman–Crippen LogP) is 3.93. The molecule has 176 valence electrons. The lowest BCUT2D eigenvalue weighted by Crippen LogP contribution is -2.35. The molecule has 9 heteroatoms. The van der Waals surface area contributed by atoms with Crippen molar-refractivity contribution in [2.75, 3.05) is 16.2 Å². The van der Waals surface area contributed by atoms with Gasteiger partial charge in [-0.25, -0.2) is 8.42 Å². The molecule has 0 fully saturated rings. The standard InChI is InChI=1S/C25H26N4O4S/c1-3-19-24(25-26-22(30)12-13-23(31)29(25)27-19)18-11-10-16(2)21(15-18)34(32,33)28-14-6-8-17-7-4-5-9-20(17)28/h4-5,7,9-11,15H,3,6,8,12-14H2,1-2H3,(H,26,30). The van der Waals surface area contributed by atoms with E-state index in [1.165, 1.54) is 8.99 Å². The highest BCUT2D eigenvalue weighted by atomic mass is 32.2. The van der Waals surface area contributed by atoms with Crippen molar-refractivity contribution in [2.45, 2.75) is 50.8 Å². The first-order chi connectivity index (χ1) is 16.3. The molecule has 0 saturated heterocycles. The van der Waals surface area contributed by atoms with Gasteiger partial charge in [-0.15, -0.1) is 0 Å². The number of amides is 1. The molecule has 0 bridgehead atoms. The van der Waals surface area contributed by atoms with Crippen LogP contribution in [0.15, 0.2) is 47.4 Å². The number of rotatable bonds is 4. The maximum Gasteiger partial charge on any atom is 0.264 e. The maximum atomic E-state index is 13.9. The highest BCUT2D eigenvalue weighted by Crippen LogP contribution is 2.38. The number of sulfonamides is 1. The summed E-state index contributed by atoms with van der Waals surface area (Å²) in [7, 11) is -3.84. The molecule has 0 spiro atoms. The van der Waals surface area contributed by atoms with Crippen LogP contribution in [0.2, 0.25) is 0 Å². The summed E-state index contributed by atoms with van der Waals surface area (Å²) in [4.78, 5) is 25.0. The SMILES string of the molecule is CCc1nn2c(c1-c1ccc(C)c(S(=O)(=O)N3CCCc4ccccc43)c1)NC(=O)CCC2=O. The molecule has 2 aliphatic rings.